The molecule has 0 spiro atoms. The van der Waals surface area contributed by atoms with Gasteiger partial charge in [0.05, 0.1) is 5.52 Å². The monoisotopic (exact) mass is 426 g/mol. The van der Waals surface area contributed by atoms with Crippen LogP contribution in [0.2, 0.25) is 0 Å². The Hall–Kier alpha value is -3.16. The van der Waals surface area contributed by atoms with Crippen LogP contribution in [0, 0.1) is 0 Å². The van der Waals surface area contributed by atoms with Gasteiger partial charge in [0, 0.05) is 24.0 Å². The van der Waals surface area contributed by atoms with E-state index in [0.29, 0.717) is 24.4 Å². The predicted octanol–water partition coefficient (Wildman–Crippen LogP) is 4.92. The zero-order chi connectivity index (χ0) is 21.6. The minimum atomic E-state index is -4.86. The van der Waals surface area contributed by atoms with Crippen LogP contribution in [0.4, 0.5) is 19.0 Å². The van der Waals surface area contributed by atoms with E-state index in [0.717, 1.165) is 45.6 Å². The molecule has 0 radical (unpaired) electrons. The molecule has 2 aliphatic carbocycles. The molecule has 8 heteroatoms. The lowest BCUT2D eigenvalue weighted by Crippen LogP contribution is -2.42. The average molecular weight is 426 g/mol. The lowest BCUT2D eigenvalue weighted by molar-refractivity contribution is -0.186. The first-order valence-electron chi connectivity index (χ1n) is 10.4. The SMILES string of the molecule is O=C(N(Cc1cccc(-c2ccc3ncnc(NC4CC4)c3c2)c1)C1CC1)C(F)(F)F. The Morgan fingerprint density at radius 3 is 2.52 bits per heavy atom. The normalized spacial score (nSPS) is 16.4. The fourth-order valence-corrected chi connectivity index (χ4v) is 3.73. The lowest BCUT2D eigenvalue weighted by atomic mass is 10.0. The number of carbonyl (C=O) groups is 1. The van der Waals surface area contributed by atoms with Crippen molar-refractivity contribution >= 4 is 22.6 Å². The van der Waals surface area contributed by atoms with E-state index >= 15 is 0 Å². The molecule has 0 aliphatic heterocycles. The first-order valence-corrected chi connectivity index (χ1v) is 10.4. The maximum Gasteiger partial charge on any atom is 0.471 e. The molecule has 0 saturated heterocycles. The van der Waals surface area contributed by atoms with Crippen LogP contribution >= 0.6 is 0 Å². The predicted molar refractivity (Wildman–Crippen MR) is 111 cm³/mol. The van der Waals surface area contributed by atoms with E-state index in [-0.39, 0.29) is 12.6 Å². The first-order chi connectivity index (χ1) is 14.9. The molecule has 160 valence electrons. The van der Waals surface area contributed by atoms with Crippen molar-refractivity contribution in [2.75, 3.05) is 5.32 Å². The van der Waals surface area contributed by atoms with Crippen LogP contribution in [0.3, 0.4) is 0 Å². The summed E-state index contributed by atoms with van der Waals surface area (Å²) in [5, 5.41) is 4.33. The maximum absolute atomic E-state index is 13.0. The van der Waals surface area contributed by atoms with Crippen LogP contribution in [-0.4, -0.2) is 39.0 Å². The average Bonchev–Trinajstić information content (AvgIpc) is 3.66. The molecule has 2 aliphatic rings. The Morgan fingerprint density at radius 1 is 1.03 bits per heavy atom. The van der Waals surface area contributed by atoms with Gasteiger partial charge in [0.2, 0.25) is 0 Å². The Labute approximate surface area is 177 Å². The molecular weight excluding hydrogens is 405 g/mol. The van der Waals surface area contributed by atoms with Gasteiger partial charge in [-0.05, 0) is 60.6 Å². The number of hydrogen-bond donors (Lipinski definition) is 1. The number of nitrogens with one attached hydrogen (secondary N) is 1. The van der Waals surface area contributed by atoms with Crippen LogP contribution in [0.15, 0.2) is 48.8 Å². The van der Waals surface area contributed by atoms with E-state index in [2.05, 4.69) is 15.3 Å². The van der Waals surface area contributed by atoms with Crippen LogP contribution < -0.4 is 5.32 Å². The number of rotatable bonds is 6. The zero-order valence-electron chi connectivity index (χ0n) is 16.7. The summed E-state index contributed by atoms with van der Waals surface area (Å²) in [6.45, 7) is -0.0535. The highest BCUT2D eigenvalue weighted by Gasteiger charge is 2.46. The van der Waals surface area contributed by atoms with Crippen molar-refractivity contribution in [3.8, 4) is 11.1 Å². The molecule has 1 amide bonds. The second-order valence-corrected chi connectivity index (χ2v) is 8.24. The lowest BCUT2D eigenvalue weighted by Gasteiger charge is -2.24. The van der Waals surface area contributed by atoms with Crippen molar-refractivity contribution in [3.63, 3.8) is 0 Å². The molecular formula is C23H21F3N4O. The number of carbonyl (C=O) groups excluding carboxylic acids is 1. The van der Waals surface area contributed by atoms with Crippen LogP contribution in [0.5, 0.6) is 0 Å². The summed E-state index contributed by atoms with van der Waals surface area (Å²) in [6.07, 6.45) is 0.162. The largest absolute Gasteiger partial charge is 0.471 e. The van der Waals surface area contributed by atoms with Crippen molar-refractivity contribution in [1.82, 2.24) is 14.9 Å². The van der Waals surface area contributed by atoms with Gasteiger partial charge in [0.15, 0.2) is 0 Å². The number of hydrogen-bond acceptors (Lipinski definition) is 4. The standard InChI is InChI=1S/C23H21F3N4O/c24-23(25,26)22(31)30(18-7-8-18)12-14-2-1-3-15(10-14)16-4-9-20-19(11-16)21(28-13-27-20)29-17-5-6-17/h1-4,9-11,13,17-18H,5-8,12H2,(H,27,28,29). The maximum atomic E-state index is 13.0. The molecule has 1 heterocycles. The molecule has 31 heavy (non-hydrogen) atoms. The smallest absolute Gasteiger partial charge is 0.367 e. The molecule has 2 aromatic carbocycles. The molecule has 2 fully saturated rings. The third-order valence-corrected chi connectivity index (χ3v) is 5.66. The Bertz CT molecular complexity index is 1140. The molecule has 1 aromatic heterocycles. The fourth-order valence-electron chi connectivity index (χ4n) is 3.73. The van der Waals surface area contributed by atoms with E-state index in [1.165, 1.54) is 6.33 Å². The van der Waals surface area contributed by atoms with Gasteiger partial charge in [0.25, 0.3) is 0 Å². The minimum Gasteiger partial charge on any atom is -0.367 e. The molecule has 5 nitrogen and oxygen atoms in total. The molecule has 0 unspecified atom stereocenters. The quantitative estimate of drug-likeness (QED) is 0.608. The second-order valence-electron chi connectivity index (χ2n) is 8.24. The number of nitrogens with zero attached hydrogens (tertiary/aromatic N) is 3. The van der Waals surface area contributed by atoms with E-state index in [1.807, 2.05) is 36.4 Å². The van der Waals surface area contributed by atoms with Crippen molar-refractivity contribution in [3.05, 3.63) is 54.4 Å². The van der Waals surface area contributed by atoms with Gasteiger partial charge >= 0.3 is 12.1 Å². The number of fused-ring (bicyclic) bond motifs is 1. The van der Waals surface area contributed by atoms with Crippen molar-refractivity contribution in [2.45, 2.75) is 50.5 Å². The van der Waals surface area contributed by atoms with Crippen molar-refractivity contribution < 1.29 is 18.0 Å². The molecule has 3 aromatic rings. The highest BCUT2D eigenvalue weighted by Crippen LogP contribution is 2.34. The third-order valence-electron chi connectivity index (χ3n) is 5.66. The van der Waals surface area contributed by atoms with Gasteiger partial charge in [0.1, 0.15) is 12.1 Å². The van der Waals surface area contributed by atoms with Gasteiger partial charge in [-0.1, -0.05) is 24.3 Å². The topological polar surface area (TPSA) is 58.1 Å². The Balaban J connectivity index is 1.44. The molecule has 0 bridgehead atoms. The molecule has 2 saturated carbocycles. The Kier molecular flexibility index (Phi) is 4.79. The molecule has 1 N–H and O–H groups in total. The molecule has 5 rings (SSSR count). The summed E-state index contributed by atoms with van der Waals surface area (Å²) in [5.74, 6) is -0.972. The summed E-state index contributed by atoms with van der Waals surface area (Å²) in [7, 11) is 0. The first kappa shape index (κ1) is 19.8. The number of alkyl halides is 3. The van der Waals surface area contributed by atoms with E-state index in [1.54, 1.807) is 6.07 Å². The highest BCUT2D eigenvalue weighted by atomic mass is 19.4. The number of benzene rings is 2. The van der Waals surface area contributed by atoms with Gasteiger partial charge in [-0.15, -0.1) is 0 Å². The summed E-state index contributed by atoms with van der Waals surface area (Å²) in [5.41, 5.74) is 3.29. The number of halogens is 3. The Morgan fingerprint density at radius 2 is 1.81 bits per heavy atom. The van der Waals surface area contributed by atoms with Crippen LogP contribution in [-0.2, 0) is 11.3 Å². The van der Waals surface area contributed by atoms with Crippen LogP contribution in [0.25, 0.3) is 22.0 Å². The number of aromatic nitrogens is 2. The third kappa shape index (κ3) is 4.33. The van der Waals surface area contributed by atoms with E-state index in [9.17, 15) is 18.0 Å². The highest BCUT2D eigenvalue weighted by molar-refractivity contribution is 5.92. The summed E-state index contributed by atoms with van der Waals surface area (Å²) < 4.78 is 39.0. The van der Waals surface area contributed by atoms with Gasteiger partial charge in [-0.2, -0.15) is 13.2 Å². The van der Waals surface area contributed by atoms with Crippen molar-refractivity contribution in [2.24, 2.45) is 0 Å². The summed E-state index contributed by atoms with van der Waals surface area (Å²) in [4.78, 5) is 21.5. The van der Waals surface area contributed by atoms with E-state index < -0.39 is 12.1 Å². The zero-order valence-corrected chi connectivity index (χ0v) is 16.7. The summed E-state index contributed by atoms with van der Waals surface area (Å²) >= 11 is 0. The van der Waals surface area contributed by atoms with E-state index in [4.69, 9.17) is 0 Å². The molecule has 0 atom stereocenters. The number of amides is 1. The number of anilines is 1. The summed E-state index contributed by atoms with van der Waals surface area (Å²) in [6, 6.07) is 13.3. The van der Waals surface area contributed by atoms with Gasteiger partial charge in [-0.25, -0.2) is 9.97 Å². The van der Waals surface area contributed by atoms with Gasteiger partial charge in [-0.3, -0.25) is 4.79 Å². The minimum absolute atomic E-state index is 0.0535. The second kappa shape index (κ2) is 7.51. The van der Waals surface area contributed by atoms with Crippen molar-refractivity contribution in [1.29, 1.82) is 0 Å². The fraction of sp³-hybridized carbons (Fsp3) is 0.348. The van der Waals surface area contributed by atoms with Gasteiger partial charge < -0.3 is 10.2 Å². The van der Waals surface area contributed by atoms with Crippen LogP contribution in [0.1, 0.15) is 31.2 Å².